The number of nitrogens with zero attached hydrogens (tertiary/aromatic N) is 3. The van der Waals surface area contributed by atoms with Gasteiger partial charge in [0, 0.05) is 32.7 Å². The summed E-state index contributed by atoms with van der Waals surface area (Å²) in [5, 5.41) is 0. The Morgan fingerprint density at radius 3 is 2.79 bits per heavy atom. The van der Waals surface area contributed by atoms with Gasteiger partial charge in [-0.05, 0) is 31.8 Å². The Kier molecular flexibility index (Phi) is 2.95. The third-order valence-electron chi connectivity index (χ3n) is 4.05. The van der Waals surface area contributed by atoms with Crippen LogP contribution in [-0.4, -0.2) is 48.1 Å². The van der Waals surface area contributed by atoms with Gasteiger partial charge in [0.2, 0.25) is 0 Å². The number of hydrogen-bond acceptors (Lipinski definition) is 4. The highest BCUT2D eigenvalue weighted by Gasteiger charge is 2.24. The maximum Gasteiger partial charge on any atom is 0.419 e. The molecule has 2 aromatic rings. The molecule has 0 N–H and O–H groups in total. The van der Waals surface area contributed by atoms with Gasteiger partial charge in [-0.1, -0.05) is 6.07 Å². The van der Waals surface area contributed by atoms with Crippen LogP contribution in [0.2, 0.25) is 0 Å². The monoisotopic (exact) mass is 261 g/mol. The molecule has 5 heteroatoms. The number of benzene rings is 1. The molecule has 2 heterocycles. The smallest absolute Gasteiger partial charge is 0.408 e. The molecule has 102 valence electrons. The van der Waals surface area contributed by atoms with Gasteiger partial charge in [0.15, 0.2) is 5.58 Å². The molecule has 1 aromatic heterocycles. The van der Waals surface area contributed by atoms with Crippen LogP contribution in [0.1, 0.15) is 11.6 Å². The van der Waals surface area contributed by atoms with Gasteiger partial charge >= 0.3 is 5.76 Å². The quantitative estimate of drug-likeness (QED) is 0.769. The minimum Gasteiger partial charge on any atom is -0.408 e. The number of fused-ring (bicyclic) bond motifs is 1. The third-order valence-corrected chi connectivity index (χ3v) is 4.05. The summed E-state index contributed by atoms with van der Waals surface area (Å²) in [6, 6.07) is 6.40. The van der Waals surface area contributed by atoms with Crippen LogP contribution in [0.5, 0.6) is 0 Å². The van der Waals surface area contributed by atoms with Gasteiger partial charge in [-0.15, -0.1) is 0 Å². The summed E-state index contributed by atoms with van der Waals surface area (Å²) in [5.74, 6) is -0.304. The van der Waals surface area contributed by atoms with Crippen molar-refractivity contribution in [2.24, 2.45) is 7.05 Å². The van der Waals surface area contributed by atoms with Crippen molar-refractivity contribution in [3.63, 3.8) is 0 Å². The van der Waals surface area contributed by atoms with Crippen molar-refractivity contribution >= 4 is 11.1 Å². The SMILES string of the molecule is CN1CCN(C)C(c2ccc3oc(=O)n(C)c3c2)C1. The summed E-state index contributed by atoms with van der Waals surface area (Å²) in [6.07, 6.45) is 0. The largest absolute Gasteiger partial charge is 0.419 e. The lowest BCUT2D eigenvalue weighted by Crippen LogP contribution is -2.44. The first kappa shape index (κ1) is 12.4. The van der Waals surface area contributed by atoms with Gasteiger partial charge in [-0.2, -0.15) is 0 Å². The molecule has 0 amide bonds. The highest BCUT2D eigenvalue weighted by molar-refractivity contribution is 5.73. The van der Waals surface area contributed by atoms with Crippen LogP contribution in [0, 0.1) is 0 Å². The minimum absolute atomic E-state index is 0.304. The first-order chi connectivity index (χ1) is 9.06. The Bertz CT molecular complexity index is 658. The lowest BCUT2D eigenvalue weighted by atomic mass is 10.0. The van der Waals surface area contributed by atoms with E-state index in [0.29, 0.717) is 11.6 Å². The van der Waals surface area contributed by atoms with Gasteiger partial charge < -0.3 is 9.32 Å². The average molecular weight is 261 g/mol. The standard InChI is InChI=1S/C14H19N3O2/c1-15-6-7-16(2)12(9-15)10-4-5-13-11(8-10)17(3)14(18)19-13/h4-5,8,12H,6-7,9H2,1-3H3. The van der Waals surface area contributed by atoms with Gasteiger partial charge in [0.25, 0.3) is 0 Å². The van der Waals surface area contributed by atoms with Gasteiger partial charge in [0.05, 0.1) is 5.52 Å². The van der Waals surface area contributed by atoms with Crippen LogP contribution < -0.4 is 5.76 Å². The van der Waals surface area contributed by atoms with Crippen LogP contribution in [0.3, 0.4) is 0 Å². The van der Waals surface area contributed by atoms with Crippen molar-refractivity contribution in [2.45, 2.75) is 6.04 Å². The van der Waals surface area contributed by atoms with Crippen LogP contribution >= 0.6 is 0 Å². The summed E-state index contributed by atoms with van der Waals surface area (Å²) in [4.78, 5) is 16.2. The van der Waals surface area contributed by atoms with Crippen molar-refractivity contribution in [1.29, 1.82) is 0 Å². The Hall–Kier alpha value is -1.59. The molecule has 0 radical (unpaired) electrons. The molecule has 1 aliphatic rings. The Morgan fingerprint density at radius 2 is 2.00 bits per heavy atom. The average Bonchev–Trinajstić information content (AvgIpc) is 2.68. The van der Waals surface area contributed by atoms with Crippen LogP contribution in [0.4, 0.5) is 0 Å². The fraction of sp³-hybridized carbons (Fsp3) is 0.500. The fourth-order valence-corrected chi connectivity index (χ4v) is 2.72. The molecule has 1 aromatic carbocycles. The molecular weight excluding hydrogens is 242 g/mol. The van der Waals surface area contributed by atoms with Crippen molar-refractivity contribution in [3.8, 4) is 0 Å². The van der Waals surface area contributed by atoms with Crippen LogP contribution in [0.15, 0.2) is 27.4 Å². The summed E-state index contributed by atoms with van der Waals surface area (Å²) < 4.78 is 6.73. The molecule has 1 fully saturated rings. The second-order valence-electron chi connectivity index (χ2n) is 5.41. The number of likely N-dealkylation sites (N-methyl/N-ethyl adjacent to an activating group) is 2. The van der Waals surface area contributed by atoms with E-state index in [4.69, 9.17) is 4.42 Å². The molecule has 0 spiro atoms. The van der Waals surface area contributed by atoms with E-state index in [0.717, 1.165) is 25.2 Å². The molecule has 0 saturated carbocycles. The fourth-order valence-electron chi connectivity index (χ4n) is 2.72. The van der Waals surface area contributed by atoms with Gasteiger partial charge in [-0.3, -0.25) is 9.47 Å². The number of rotatable bonds is 1. The van der Waals surface area contributed by atoms with Crippen LogP contribution in [-0.2, 0) is 7.05 Å². The topological polar surface area (TPSA) is 41.6 Å². The van der Waals surface area contributed by atoms with Crippen molar-refractivity contribution in [1.82, 2.24) is 14.4 Å². The Labute approximate surface area is 112 Å². The highest BCUT2D eigenvalue weighted by atomic mass is 16.4. The predicted octanol–water partition coefficient (Wildman–Crippen LogP) is 1.05. The van der Waals surface area contributed by atoms with E-state index >= 15 is 0 Å². The number of piperazine rings is 1. The number of aromatic nitrogens is 1. The van der Waals surface area contributed by atoms with E-state index in [2.05, 4.69) is 36.0 Å². The van der Waals surface area contributed by atoms with E-state index in [1.165, 1.54) is 5.56 Å². The Balaban J connectivity index is 2.04. The summed E-state index contributed by atoms with van der Waals surface area (Å²) >= 11 is 0. The van der Waals surface area contributed by atoms with Crippen molar-refractivity contribution in [3.05, 3.63) is 34.3 Å². The molecule has 1 saturated heterocycles. The number of aryl methyl sites for hydroxylation is 1. The minimum atomic E-state index is -0.304. The predicted molar refractivity (Wildman–Crippen MR) is 74.3 cm³/mol. The third kappa shape index (κ3) is 2.09. The zero-order valence-corrected chi connectivity index (χ0v) is 11.6. The van der Waals surface area contributed by atoms with Crippen molar-refractivity contribution in [2.75, 3.05) is 33.7 Å². The molecule has 1 aliphatic heterocycles. The maximum absolute atomic E-state index is 11.5. The molecule has 1 unspecified atom stereocenters. The van der Waals surface area contributed by atoms with Gasteiger partial charge in [-0.25, -0.2) is 4.79 Å². The van der Waals surface area contributed by atoms with E-state index in [9.17, 15) is 4.79 Å². The highest BCUT2D eigenvalue weighted by Crippen LogP contribution is 2.26. The molecule has 3 rings (SSSR count). The van der Waals surface area contributed by atoms with E-state index < -0.39 is 0 Å². The van der Waals surface area contributed by atoms with E-state index in [-0.39, 0.29) is 5.76 Å². The molecule has 1 atom stereocenters. The molecule has 5 nitrogen and oxygen atoms in total. The summed E-state index contributed by atoms with van der Waals surface area (Å²) in [7, 11) is 6.04. The lowest BCUT2D eigenvalue weighted by Gasteiger charge is -2.38. The first-order valence-electron chi connectivity index (χ1n) is 6.54. The molecule has 0 bridgehead atoms. The summed E-state index contributed by atoms with van der Waals surface area (Å²) in [5.41, 5.74) is 2.75. The van der Waals surface area contributed by atoms with Gasteiger partial charge in [0.1, 0.15) is 0 Å². The normalized spacial score (nSPS) is 22.2. The molecule has 19 heavy (non-hydrogen) atoms. The second kappa shape index (κ2) is 4.51. The lowest BCUT2D eigenvalue weighted by molar-refractivity contribution is 0.115. The van der Waals surface area contributed by atoms with E-state index in [1.54, 1.807) is 11.6 Å². The molecule has 0 aliphatic carbocycles. The zero-order valence-electron chi connectivity index (χ0n) is 11.6. The number of oxazole rings is 1. The van der Waals surface area contributed by atoms with Crippen molar-refractivity contribution < 1.29 is 4.42 Å². The van der Waals surface area contributed by atoms with E-state index in [1.807, 2.05) is 6.07 Å². The Morgan fingerprint density at radius 1 is 1.21 bits per heavy atom. The zero-order chi connectivity index (χ0) is 13.6. The summed E-state index contributed by atoms with van der Waals surface area (Å²) in [6.45, 7) is 3.16. The maximum atomic E-state index is 11.5. The molecular formula is C14H19N3O2. The van der Waals surface area contributed by atoms with Crippen LogP contribution in [0.25, 0.3) is 11.1 Å². The second-order valence-corrected chi connectivity index (χ2v) is 5.41. The first-order valence-corrected chi connectivity index (χ1v) is 6.54. The number of hydrogen-bond donors (Lipinski definition) is 0.